The molecule has 0 unspecified atom stereocenters. The molecule has 1 heterocycles. The van der Waals surface area contributed by atoms with Gasteiger partial charge in [0.05, 0.1) is 0 Å². The minimum Gasteiger partial charge on any atom is -0.340 e. The molecule has 0 atom stereocenters. The summed E-state index contributed by atoms with van der Waals surface area (Å²) in [5, 5.41) is 0. The molecule has 1 aliphatic rings. The van der Waals surface area contributed by atoms with Crippen molar-refractivity contribution < 1.29 is 4.79 Å². The maximum atomic E-state index is 11.7. The van der Waals surface area contributed by atoms with Crippen molar-refractivity contribution in [3.8, 4) is 0 Å². The maximum Gasteiger partial charge on any atom is 0.222 e. The standard InChI is InChI=1S/C11H23N3O/c1-2-6-13-7-9-14(10-8-13)11(15)4-3-5-12/h2-10,12H2,1H3. The Morgan fingerprint density at radius 3 is 2.47 bits per heavy atom. The lowest BCUT2D eigenvalue weighted by Crippen LogP contribution is -2.48. The quantitative estimate of drug-likeness (QED) is 0.713. The summed E-state index contributed by atoms with van der Waals surface area (Å²) in [4.78, 5) is 16.1. The number of nitrogens with two attached hydrogens (primary N) is 1. The van der Waals surface area contributed by atoms with Crippen LogP contribution < -0.4 is 5.73 Å². The number of piperazine rings is 1. The van der Waals surface area contributed by atoms with Gasteiger partial charge < -0.3 is 10.6 Å². The second kappa shape index (κ2) is 6.80. The lowest BCUT2D eigenvalue weighted by atomic mass is 10.2. The molecule has 88 valence electrons. The first-order chi connectivity index (χ1) is 7.27. The summed E-state index contributed by atoms with van der Waals surface area (Å²) in [7, 11) is 0. The number of hydrogen-bond acceptors (Lipinski definition) is 3. The van der Waals surface area contributed by atoms with Crippen molar-refractivity contribution in [2.24, 2.45) is 5.73 Å². The van der Waals surface area contributed by atoms with Crippen molar-refractivity contribution in [1.82, 2.24) is 9.80 Å². The first-order valence-corrected chi connectivity index (χ1v) is 5.98. The van der Waals surface area contributed by atoms with E-state index < -0.39 is 0 Å². The third-order valence-electron chi connectivity index (χ3n) is 2.86. The van der Waals surface area contributed by atoms with E-state index in [1.54, 1.807) is 0 Å². The van der Waals surface area contributed by atoms with Crippen molar-refractivity contribution in [2.45, 2.75) is 26.2 Å². The first kappa shape index (κ1) is 12.5. The molecule has 0 aromatic carbocycles. The zero-order valence-electron chi connectivity index (χ0n) is 9.74. The van der Waals surface area contributed by atoms with E-state index in [9.17, 15) is 4.79 Å². The molecule has 0 aliphatic carbocycles. The first-order valence-electron chi connectivity index (χ1n) is 5.98. The van der Waals surface area contributed by atoms with Crippen LogP contribution in [-0.4, -0.2) is 55.0 Å². The Morgan fingerprint density at radius 2 is 1.93 bits per heavy atom. The summed E-state index contributed by atoms with van der Waals surface area (Å²) in [5.41, 5.74) is 5.39. The average Bonchev–Trinajstić information content (AvgIpc) is 2.27. The monoisotopic (exact) mass is 213 g/mol. The molecule has 0 radical (unpaired) electrons. The highest BCUT2D eigenvalue weighted by molar-refractivity contribution is 5.76. The highest BCUT2D eigenvalue weighted by Gasteiger charge is 2.19. The van der Waals surface area contributed by atoms with E-state index in [0.29, 0.717) is 13.0 Å². The zero-order chi connectivity index (χ0) is 11.1. The average molecular weight is 213 g/mol. The second-order valence-electron chi connectivity index (χ2n) is 4.11. The van der Waals surface area contributed by atoms with E-state index in [1.807, 2.05) is 4.90 Å². The Kier molecular flexibility index (Phi) is 5.65. The van der Waals surface area contributed by atoms with Crippen molar-refractivity contribution in [3.63, 3.8) is 0 Å². The second-order valence-corrected chi connectivity index (χ2v) is 4.11. The smallest absolute Gasteiger partial charge is 0.222 e. The Morgan fingerprint density at radius 1 is 1.27 bits per heavy atom. The fourth-order valence-electron chi connectivity index (χ4n) is 1.95. The van der Waals surface area contributed by atoms with Gasteiger partial charge in [-0.15, -0.1) is 0 Å². The van der Waals surface area contributed by atoms with Gasteiger partial charge in [0, 0.05) is 32.6 Å². The van der Waals surface area contributed by atoms with Crippen LogP contribution in [0.4, 0.5) is 0 Å². The van der Waals surface area contributed by atoms with Crippen molar-refractivity contribution >= 4 is 5.91 Å². The minimum absolute atomic E-state index is 0.275. The van der Waals surface area contributed by atoms with Crippen molar-refractivity contribution in [1.29, 1.82) is 0 Å². The van der Waals surface area contributed by atoms with Crippen LogP contribution in [-0.2, 0) is 4.79 Å². The molecular formula is C11H23N3O. The Balaban J connectivity index is 2.21. The van der Waals surface area contributed by atoms with Crippen LogP contribution >= 0.6 is 0 Å². The summed E-state index contributed by atoms with van der Waals surface area (Å²) in [6.07, 6.45) is 2.62. The molecule has 0 saturated carbocycles. The summed E-state index contributed by atoms with van der Waals surface area (Å²) in [6, 6.07) is 0. The fourth-order valence-corrected chi connectivity index (χ4v) is 1.95. The van der Waals surface area contributed by atoms with Gasteiger partial charge in [0.15, 0.2) is 0 Å². The maximum absolute atomic E-state index is 11.7. The predicted octanol–water partition coefficient (Wildman–Crippen LogP) is 0.280. The number of nitrogens with zero attached hydrogens (tertiary/aromatic N) is 2. The van der Waals surface area contributed by atoms with Gasteiger partial charge in [-0.1, -0.05) is 6.92 Å². The third kappa shape index (κ3) is 4.18. The molecule has 4 heteroatoms. The topological polar surface area (TPSA) is 49.6 Å². The molecule has 1 aliphatic heterocycles. The molecule has 15 heavy (non-hydrogen) atoms. The van der Waals surface area contributed by atoms with Gasteiger partial charge in [-0.05, 0) is 25.9 Å². The molecule has 0 spiro atoms. The summed E-state index contributed by atoms with van der Waals surface area (Å²) in [5.74, 6) is 0.275. The molecule has 4 nitrogen and oxygen atoms in total. The van der Waals surface area contributed by atoms with Crippen LogP contribution in [0, 0.1) is 0 Å². The molecule has 1 fully saturated rings. The largest absolute Gasteiger partial charge is 0.340 e. The van der Waals surface area contributed by atoms with Gasteiger partial charge in [0.1, 0.15) is 0 Å². The molecule has 0 bridgehead atoms. The number of hydrogen-bond donors (Lipinski definition) is 1. The van der Waals surface area contributed by atoms with Crippen LogP contribution in [0.3, 0.4) is 0 Å². The number of carbonyl (C=O) groups excluding carboxylic acids is 1. The molecule has 1 saturated heterocycles. The van der Waals surface area contributed by atoms with Crippen LogP contribution in [0.15, 0.2) is 0 Å². The minimum atomic E-state index is 0.275. The fraction of sp³-hybridized carbons (Fsp3) is 0.909. The van der Waals surface area contributed by atoms with Gasteiger partial charge >= 0.3 is 0 Å². The Bertz CT molecular complexity index is 188. The highest BCUT2D eigenvalue weighted by Crippen LogP contribution is 2.05. The summed E-state index contributed by atoms with van der Waals surface area (Å²) < 4.78 is 0. The Hall–Kier alpha value is -0.610. The number of rotatable bonds is 5. The van der Waals surface area contributed by atoms with E-state index in [2.05, 4.69) is 11.8 Å². The van der Waals surface area contributed by atoms with Crippen molar-refractivity contribution in [2.75, 3.05) is 39.3 Å². The van der Waals surface area contributed by atoms with Crippen LogP contribution in [0.25, 0.3) is 0 Å². The van der Waals surface area contributed by atoms with Crippen LogP contribution in [0.5, 0.6) is 0 Å². The van der Waals surface area contributed by atoms with E-state index in [4.69, 9.17) is 5.73 Å². The Labute approximate surface area is 92.4 Å². The van der Waals surface area contributed by atoms with E-state index >= 15 is 0 Å². The summed E-state index contributed by atoms with van der Waals surface area (Å²) >= 11 is 0. The van der Waals surface area contributed by atoms with Gasteiger partial charge in [0.2, 0.25) is 5.91 Å². The van der Waals surface area contributed by atoms with Crippen molar-refractivity contribution in [3.05, 3.63) is 0 Å². The van der Waals surface area contributed by atoms with Gasteiger partial charge in [0.25, 0.3) is 0 Å². The number of amides is 1. The van der Waals surface area contributed by atoms with Crippen LogP contribution in [0.1, 0.15) is 26.2 Å². The lowest BCUT2D eigenvalue weighted by Gasteiger charge is -2.34. The van der Waals surface area contributed by atoms with E-state index in [0.717, 1.165) is 39.1 Å². The van der Waals surface area contributed by atoms with E-state index in [-0.39, 0.29) is 5.91 Å². The predicted molar refractivity (Wildman–Crippen MR) is 61.6 cm³/mol. The van der Waals surface area contributed by atoms with Gasteiger partial charge in [-0.2, -0.15) is 0 Å². The molecule has 1 amide bonds. The molecule has 1 rings (SSSR count). The molecule has 0 aromatic heterocycles. The summed E-state index contributed by atoms with van der Waals surface area (Å²) in [6.45, 7) is 7.81. The van der Waals surface area contributed by atoms with Crippen LogP contribution in [0.2, 0.25) is 0 Å². The molecule has 2 N–H and O–H groups in total. The highest BCUT2D eigenvalue weighted by atomic mass is 16.2. The molecule has 0 aromatic rings. The number of carbonyl (C=O) groups is 1. The normalized spacial score (nSPS) is 18.1. The van der Waals surface area contributed by atoms with Gasteiger partial charge in [-0.25, -0.2) is 0 Å². The van der Waals surface area contributed by atoms with Gasteiger partial charge in [-0.3, -0.25) is 9.69 Å². The zero-order valence-corrected chi connectivity index (χ0v) is 9.74. The molecular weight excluding hydrogens is 190 g/mol. The lowest BCUT2D eigenvalue weighted by molar-refractivity contribution is -0.133. The third-order valence-corrected chi connectivity index (χ3v) is 2.86. The van der Waals surface area contributed by atoms with E-state index in [1.165, 1.54) is 6.42 Å². The SMILES string of the molecule is CCCN1CCN(C(=O)CCCN)CC1.